The van der Waals surface area contributed by atoms with Crippen molar-refractivity contribution in [1.29, 1.82) is 5.26 Å². The molecule has 0 spiro atoms. The van der Waals surface area contributed by atoms with Crippen LogP contribution < -0.4 is 10.6 Å². The van der Waals surface area contributed by atoms with E-state index in [0.717, 1.165) is 12.1 Å². The van der Waals surface area contributed by atoms with Crippen molar-refractivity contribution in [3.8, 4) is 6.07 Å². The Kier molecular flexibility index (Phi) is 6.66. The van der Waals surface area contributed by atoms with Gasteiger partial charge in [0.2, 0.25) is 5.91 Å². The zero-order valence-electron chi connectivity index (χ0n) is 18.8. The normalized spacial score (nSPS) is 20.1. The minimum absolute atomic E-state index is 0.0259. The number of halogens is 5. The van der Waals surface area contributed by atoms with Crippen LogP contribution in [0.1, 0.15) is 46.3 Å². The number of alkyl halides is 3. The summed E-state index contributed by atoms with van der Waals surface area (Å²) in [5, 5.41) is 17.9. The van der Waals surface area contributed by atoms with Crippen molar-refractivity contribution in [3.63, 3.8) is 0 Å². The van der Waals surface area contributed by atoms with Gasteiger partial charge in [-0.3, -0.25) is 9.59 Å². The number of rotatable bonds is 6. The second-order valence-corrected chi connectivity index (χ2v) is 9.62. The molecule has 1 saturated carbocycles. The Hall–Kier alpha value is -3.29. The largest absolute Gasteiger partial charge is 0.435 e. The number of amides is 2. The van der Waals surface area contributed by atoms with E-state index in [9.17, 15) is 22.8 Å². The van der Waals surface area contributed by atoms with E-state index in [0.29, 0.717) is 24.0 Å². The van der Waals surface area contributed by atoms with E-state index in [2.05, 4.69) is 15.8 Å². The minimum Gasteiger partial charge on any atom is -0.374 e. The summed E-state index contributed by atoms with van der Waals surface area (Å²) in [6.07, 6.45) is -4.32. The summed E-state index contributed by atoms with van der Waals surface area (Å²) in [5.41, 5.74) is -2.83. The maximum Gasteiger partial charge on any atom is 0.435 e. The molecule has 1 aliphatic heterocycles. The number of oxime groups is 1. The van der Waals surface area contributed by atoms with Crippen molar-refractivity contribution in [2.45, 2.75) is 43.5 Å². The maximum atomic E-state index is 14.2. The molecule has 0 radical (unpaired) electrons. The predicted molar refractivity (Wildman–Crippen MR) is 126 cm³/mol. The van der Waals surface area contributed by atoms with Crippen LogP contribution in [0.15, 0.2) is 41.6 Å². The molecule has 36 heavy (non-hydrogen) atoms. The average Bonchev–Trinajstić information content (AvgIpc) is 3.40. The van der Waals surface area contributed by atoms with E-state index >= 15 is 0 Å². The number of aryl methyl sites for hydroxylation is 1. The molecule has 1 aliphatic carbocycles. The highest BCUT2D eigenvalue weighted by atomic mass is 35.5. The van der Waals surface area contributed by atoms with E-state index in [1.807, 2.05) is 6.07 Å². The SMILES string of the molecule is Cc1cc(C2=NOC(c3cc(Cl)cc(Cl)c3)(C(F)(F)F)C2)ccc1C(=O)NCC(=O)NC1(C#N)CC1. The smallest absolute Gasteiger partial charge is 0.374 e. The van der Waals surface area contributed by atoms with Gasteiger partial charge in [-0.15, -0.1) is 0 Å². The van der Waals surface area contributed by atoms with Crippen LogP contribution in [-0.4, -0.2) is 35.8 Å². The molecule has 0 bridgehead atoms. The lowest BCUT2D eigenvalue weighted by molar-refractivity contribution is -0.275. The van der Waals surface area contributed by atoms with Gasteiger partial charge in [-0.1, -0.05) is 34.4 Å². The predicted octanol–water partition coefficient (Wildman–Crippen LogP) is 4.79. The number of carbonyl (C=O) groups excluding carboxylic acids is 2. The number of nitriles is 1. The molecule has 2 aliphatic rings. The van der Waals surface area contributed by atoms with Crippen molar-refractivity contribution in [2.24, 2.45) is 5.16 Å². The zero-order valence-corrected chi connectivity index (χ0v) is 20.3. The molecule has 1 unspecified atom stereocenters. The molecule has 2 aromatic rings. The van der Waals surface area contributed by atoms with Crippen molar-refractivity contribution >= 4 is 40.7 Å². The Labute approximate surface area is 214 Å². The average molecular weight is 539 g/mol. The molecule has 188 valence electrons. The fourth-order valence-electron chi connectivity index (χ4n) is 3.90. The van der Waals surface area contributed by atoms with Crippen LogP contribution in [0.4, 0.5) is 13.2 Å². The van der Waals surface area contributed by atoms with E-state index in [4.69, 9.17) is 33.3 Å². The van der Waals surface area contributed by atoms with Gasteiger partial charge in [-0.2, -0.15) is 18.4 Å². The summed E-state index contributed by atoms with van der Waals surface area (Å²) in [6.45, 7) is 1.29. The highest BCUT2D eigenvalue weighted by Crippen LogP contribution is 2.49. The first-order valence-corrected chi connectivity index (χ1v) is 11.5. The first kappa shape index (κ1) is 25.8. The summed E-state index contributed by atoms with van der Waals surface area (Å²) in [4.78, 5) is 29.5. The molecule has 1 atom stereocenters. The van der Waals surface area contributed by atoms with Gasteiger partial charge in [-0.25, -0.2) is 0 Å². The lowest BCUT2D eigenvalue weighted by Gasteiger charge is -2.29. The molecule has 2 N–H and O–H groups in total. The number of nitrogens with zero attached hydrogens (tertiary/aromatic N) is 2. The van der Waals surface area contributed by atoms with Gasteiger partial charge >= 0.3 is 6.18 Å². The number of benzene rings is 2. The van der Waals surface area contributed by atoms with Crippen LogP contribution in [0.25, 0.3) is 0 Å². The molecule has 7 nitrogen and oxygen atoms in total. The summed E-state index contributed by atoms with van der Waals surface area (Å²) in [5.74, 6) is -1.03. The van der Waals surface area contributed by atoms with Crippen molar-refractivity contribution in [3.05, 3.63) is 68.7 Å². The molecule has 2 aromatic carbocycles. The Balaban J connectivity index is 1.49. The minimum atomic E-state index is -4.83. The number of hydrogen-bond acceptors (Lipinski definition) is 5. The third kappa shape index (κ3) is 4.99. The van der Waals surface area contributed by atoms with E-state index < -0.39 is 35.6 Å². The quantitative estimate of drug-likeness (QED) is 0.551. The van der Waals surface area contributed by atoms with Crippen LogP contribution in [0.2, 0.25) is 10.0 Å². The molecular weight excluding hydrogens is 520 g/mol. The highest BCUT2D eigenvalue weighted by molar-refractivity contribution is 6.34. The number of hydrogen-bond donors (Lipinski definition) is 2. The topological polar surface area (TPSA) is 104 Å². The van der Waals surface area contributed by atoms with Gasteiger partial charge < -0.3 is 15.5 Å². The maximum absolute atomic E-state index is 14.2. The molecule has 2 amide bonds. The van der Waals surface area contributed by atoms with Crippen LogP contribution in [0.5, 0.6) is 0 Å². The van der Waals surface area contributed by atoms with E-state index in [-0.39, 0.29) is 33.4 Å². The highest BCUT2D eigenvalue weighted by Gasteiger charge is 2.62. The van der Waals surface area contributed by atoms with Crippen LogP contribution in [0, 0.1) is 18.3 Å². The first-order valence-electron chi connectivity index (χ1n) is 10.8. The van der Waals surface area contributed by atoms with Gasteiger partial charge in [0.1, 0.15) is 5.54 Å². The molecular formula is C24H19Cl2F3N4O3. The van der Waals surface area contributed by atoms with Crippen LogP contribution in [0.3, 0.4) is 0 Å². The Morgan fingerprint density at radius 3 is 2.39 bits per heavy atom. The van der Waals surface area contributed by atoms with Crippen molar-refractivity contribution in [2.75, 3.05) is 6.54 Å². The standard InChI is InChI=1S/C24H19Cl2F3N4O3/c1-13-6-14(2-3-18(13)21(35)31-11-20(34)32-22(12-30)4-5-22)19-10-23(36-33-19,24(27,28)29)15-7-16(25)9-17(26)8-15/h2-3,6-9H,4-5,10-11H2,1H3,(H,31,35)(H,32,34). The summed E-state index contributed by atoms with van der Waals surface area (Å²) in [7, 11) is 0. The lowest BCUT2D eigenvalue weighted by Crippen LogP contribution is -2.43. The number of carbonyl (C=O) groups is 2. The lowest BCUT2D eigenvalue weighted by atomic mass is 9.86. The molecule has 1 fully saturated rings. The van der Waals surface area contributed by atoms with E-state index in [1.165, 1.54) is 24.3 Å². The zero-order chi connectivity index (χ0) is 26.3. The Morgan fingerprint density at radius 2 is 1.83 bits per heavy atom. The molecule has 0 aromatic heterocycles. The van der Waals surface area contributed by atoms with Gasteiger partial charge in [0, 0.05) is 27.6 Å². The summed E-state index contributed by atoms with van der Waals surface area (Å²) in [6, 6.07) is 10.0. The third-order valence-electron chi connectivity index (χ3n) is 6.07. The monoisotopic (exact) mass is 538 g/mol. The molecule has 4 rings (SSSR count). The Morgan fingerprint density at radius 1 is 1.17 bits per heavy atom. The van der Waals surface area contributed by atoms with Crippen LogP contribution in [-0.2, 0) is 15.2 Å². The molecule has 1 heterocycles. The van der Waals surface area contributed by atoms with E-state index in [1.54, 1.807) is 6.92 Å². The Bertz CT molecular complexity index is 1300. The van der Waals surface area contributed by atoms with Gasteiger partial charge in [0.05, 0.1) is 18.3 Å². The fraction of sp³-hybridized carbons (Fsp3) is 0.333. The van der Waals surface area contributed by atoms with Gasteiger partial charge in [-0.05, 0) is 61.2 Å². The molecule has 0 saturated heterocycles. The number of nitrogens with one attached hydrogen (secondary N) is 2. The van der Waals surface area contributed by atoms with Gasteiger partial charge in [0.25, 0.3) is 11.5 Å². The second kappa shape index (κ2) is 9.30. The first-order chi connectivity index (χ1) is 16.9. The fourth-order valence-corrected chi connectivity index (χ4v) is 4.43. The van der Waals surface area contributed by atoms with Crippen LogP contribution >= 0.6 is 23.2 Å². The van der Waals surface area contributed by atoms with Crippen molar-refractivity contribution < 1.29 is 27.6 Å². The third-order valence-corrected chi connectivity index (χ3v) is 6.51. The molecule has 12 heteroatoms. The summed E-state index contributed by atoms with van der Waals surface area (Å²) >= 11 is 11.9. The van der Waals surface area contributed by atoms with Crippen molar-refractivity contribution in [1.82, 2.24) is 10.6 Å². The summed E-state index contributed by atoms with van der Waals surface area (Å²) < 4.78 is 42.6. The second-order valence-electron chi connectivity index (χ2n) is 8.74. The van der Waals surface area contributed by atoms with Gasteiger partial charge in [0.15, 0.2) is 0 Å².